The fourth-order valence-electron chi connectivity index (χ4n) is 2.24. The fraction of sp³-hybridized carbons (Fsp3) is 0.467. The molecule has 1 aliphatic rings. The van der Waals surface area contributed by atoms with Gasteiger partial charge in [0.25, 0.3) is 0 Å². The Kier molecular flexibility index (Phi) is 4.74. The molecule has 1 amide bonds. The van der Waals surface area contributed by atoms with E-state index in [4.69, 9.17) is 9.47 Å². The minimum atomic E-state index is -0.448. The first-order valence-electron chi connectivity index (χ1n) is 6.69. The predicted octanol–water partition coefficient (Wildman–Crippen LogP) is 2.15. The molecule has 1 aromatic rings. The van der Waals surface area contributed by atoms with Crippen LogP contribution in [0.5, 0.6) is 0 Å². The van der Waals surface area contributed by atoms with E-state index in [1.54, 1.807) is 12.1 Å². The Morgan fingerprint density at radius 1 is 1.30 bits per heavy atom. The molecular weight excluding hydrogens is 258 g/mol. The largest absolute Gasteiger partial charge is 0.465 e. The van der Waals surface area contributed by atoms with Crippen LogP contribution in [-0.4, -0.2) is 32.2 Å². The number of hydrogen-bond acceptors (Lipinski definition) is 4. The standard InChI is InChI=1S/C15H19NO4/c1-10-3-4-13(12(9-10)15(18)19-2)16-14(17)11-5-7-20-8-6-11/h3-4,9,11H,5-8H2,1-2H3,(H,16,17). The van der Waals surface area contributed by atoms with Gasteiger partial charge in [0, 0.05) is 19.1 Å². The molecule has 0 aliphatic carbocycles. The van der Waals surface area contributed by atoms with Gasteiger partial charge in [-0.05, 0) is 31.9 Å². The summed E-state index contributed by atoms with van der Waals surface area (Å²) in [6.45, 7) is 3.10. The minimum Gasteiger partial charge on any atom is -0.465 e. The highest BCUT2D eigenvalue weighted by Gasteiger charge is 2.23. The highest BCUT2D eigenvalue weighted by molar-refractivity contribution is 6.02. The molecule has 0 radical (unpaired) electrons. The normalized spacial score (nSPS) is 15.7. The van der Waals surface area contributed by atoms with Crippen LogP contribution < -0.4 is 5.32 Å². The maximum absolute atomic E-state index is 12.2. The molecule has 5 heteroatoms. The Labute approximate surface area is 118 Å². The number of ether oxygens (including phenoxy) is 2. The van der Waals surface area contributed by atoms with Gasteiger partial charge < -0.3 is 14.8 Å². The van der Waals surface area contributed by atoms with Crippen molar-refractivity contribution in [2.75, 3.05) is 25.6 Å². The fourth-order valence-corrected chi connectivity index (χ4v) is 2.24. The number of methoxy groups -OCH3 is 1. The van der Waals surface area contributed by atoms with Crippen molar-refractivity contribution in [3.05, 3.63) is 29.3 Å². The van der Waals surface area contributed by atoms with Gasteiger partial charge in [-0.3, -0.25) is 4.79 Å². The molecule has 2 rings (SSSR count). The quantitative estimate of drug-likeness (QED) is 0.860. The van der Waals surface area contributed by atoms with Gasteiger partial charge >= 0.3 is 5.97 Å². The number of esters is 1. The minimum absolute atomic E-state index is 0.0597. The topological polar surface area (TPSA) is 64.6 Å². The Balaban J connectivity index is 2.15. The summed E-state index contributed by atoms with van der Waals surface area (Å²) in [6, 6.07) is 5.30. The van der Waals surface area contributed by atoms with Gasteiger partial charge in [-0.25, -0.2) is 4.79 Å². The average molecular weight is 277 g/mol. The first-order chi connectivity index (χ1) is 9.61. The molecule has 1 N–H and O–H groups in total. The molecule has 0 atom stereocenters. The second-order valence-corrected chi connectivity index (χ2v) is 4.92. The second-order valence-electron chi connectivity index (χ2n) is 4.92. The number of hydrogen-bond donors (Lipinski definition) is 1. The molecule has 0 spiro atoms. The molecule has 20 heavy (non-hydrogen) atoms. The van der Waals surface area contributed by atoms with Crippen molar-refractivity contribution in [2.45, 2.75) is 19.8 Å². The number of carbonyl (C=O) groups excluding carboxylic acids is 2. The Morgan fingerprint density at radius 2 is 2.00 bits per heavy atom. The third-order valence-corrected chi connectivity index (χ3v) is 3.43. The lowest BCUT2D eigenvalue weighted by molar-refractivity contribution is -0.122. The first-order valence-corrected chi connectivity index (χ1v) is 6.69. The zero-order valence-corrected chi connectivity index (χ0v) is 11.8. The third kappa shape index (κ3) is 3.36. The molecule has 1 aromatic carbocycles. The van der Waals surface area contributed by atoms with E-state index in [9.17, 15) is 9.59 Å². The van der Waals surface area contributed by atoms with Crippen molar-refractivity contribution in [2.24, 2.45) is 5.92 Å². The van der Waals surface area contributed by atoms with Gasteiger partial charge in [0.2, 0.25) is 5.91 Å². The lowest BCUT2D eigenvalue weighted by Crippen LogP contribution is -2.29. The Morgan fingerprint density at radius 3 is 2.65 bits per heavy atom. The SMILES string of the molecule is COC(=O)c1cc(C)ccc1NC(=O)C1CCOCC1. The molecule has 0 unspecified atom stereocenters. The molecule has 1 heterocycles. The highest BCUT2D eigenvalue weighted by atomic mass is 16.5. The van der Waals surface area contributed by atoms with Gasteiger partial charge in [0.1, 0.15) is 0 Å². The molecule has 0 bridgehead atoms. The summed E-state index contributed by atoms with van der Waals surface area (Å²) >= 11 is 0. The predicted molar refractivity (Wildman–Crippen MR) is 74.7 cm³/mol. The van der Waals surface area contributed by atoms with Crippen LogP contribution in [0.3, 0.4) is 0 Å². The van der Waals surface area contributed by atoms with E-state index in [1.807, 2.05) is 13.0 Å². The van der Waals surface area contributed by atoms with Gasteiger partial charge in [0.15, 0.2) is 0 Å². The van der Waals surface area contributed by atoms with E-state index >= 15 is 0 Å². The molecule has 5 nitrogen and oxygen atoms in total. The lowest BCUT2D eigenvalue weighted by Gasteiger charge is -2.21. The van der Waals surface area contributed by atoms with E-state index in [-0.39, 0.29) is 11.8 Å². The van der Waals surface area contributed by atoms with Gasteiger partial charge in [-0.1, -0.05) is 11.6 Å². The van der Waals surface area contributed by atoms with Gasteiger partial charge in [-0.15, -0.1) is 0 Å². The monoisotopic (exact) mass is 277 g/mol. The number of nitrogens with one attached hydrogen (secondary N) is 1. The maximum Gasteiger partial charge on any atom is 0.339 e. The summed E-state index contributed by atoms with van der Waals surface area (Å²) in [4.78, 5) is 23.9. The molecule has 1 fully saturated rings. The molecule has 0 aromatic heterocycles. The smallest absolute Gasteiger partial charge is 0.339 e. The summed E-state index contributed by atoms with van der Waals surface area (Å²) in [5, 5.41) is 2.83. The average Bonchev–Trinajstić information content (AvgIpc) is 2.49. The van der Waals surface area contributed by atoms with Gasteiger partial charge in [-0.2, -0.15) is 0 Å². The summed E-state index contributed by atoms with van der Waals surface area (Å²) in [5.74, 6) is -0.575. The summed E-state index contributed by atoms with van der Waals surface area (Å²) in [6.07, 6.45) is 1.43. The molecule has 1 aliphatic heterocycles. The third-order valence-electron chi connectivity index (χ3n) is 3.43. The van der Waals surface area contributed by atoms with Crippen LogP contribution in [-0.2, 0) is 14.3 Å². The number of amides is 1. The molecular formula is C15H19NO4. The van der Waals surface area contributed by atoms with Crippen LogP contribution >= 0.6 is 0 Å². The van der Waals surface area contributed by atoms with Crippen LogP contribution in [0.25, 0.3) is 0 Å². The van der Waals surface area contributed by atoms with Gasteiger partial charge in [0.05, 0.1) is 18.4 Å². The highest BCUT2D eigenvalue weighted by Crippen LogP contribution is 2.22. The summed E-state index contributed by atoms with van der Waals surface area (Å²) < 4.78 is 9.99. The van der Waals surface area contributed by atoms with Crippen molar-refractivity contribution in [3.8, 4) is 0 Å². The first kappa shape index (κ1) is 14.5. The number of anilines is 1. The van der Waals surface area contributed by atoms with E-state index in [0.717, 1.165) is 5.56 Å². The molecule has 1 saturated heterocycles. The lowest BCUT2D eigenvalue weighted by atomic mass is 9.99. The van der Waals surface area contributed by atoms with Crippen LogP contribution in [0.4, 0.5) is 5.69 Å². The molecule has 0 saturated carbocycles. The van der Waals surface area contributed by atoms with Crippen LogP contribution in [0.1, 0.15) is 28.8 Å². The van der Waals surface area contributed by atoms with Crippen LogP contribution in [0, 0.1) is 12.8 Å². The number of aryl methyl sites for hydroxylation is 1. The zero-order chi connectivity index (χ0) is 14.5. The van der Waals surface area contributed by atoms with E-state index in [2.05, 4.69) is 5.32 Å². The number of carbonyl (C=O) groups is 2. The van der Waals surface area contributed by atoms with Crippen molar-refractivity contribution < 1.29 is 19.1 Å². The second kappa shape index (κ2) is 6.52. The van der Waals surface area contributed by atoms with Crippen molar-refractivity contribution in [1.29, 1.82) is 0 Å². The maximum atomic E-state index is 12.2. The van der Waals surface area contributed by atoms with E-state index in [1.165, 1.54) is 7.11 Å². The Bertz CT molecular complexity index is 507. The summed E-state index contributed by atoms with van der Waals surface area (Å²) in [5.41, 5.74) is 1.82. The number of rotatable bonds is 3. The van der Waals surface area contributed by atoms with Crippen molar-refractivity contribution in [3.63, 3.8) is 0 Å². The number of benzene rings is 1. The van der Waals surface area contributed by atoms with E-state index in [0.29, 0.717) is 37.3 Å². The molecule has 108 valence electrons. The van der Waals surface area contributed by atoms with E-state index < -0.39 is 5.97 Å². The van der Waals surface area contributed by atoms with Crippen LogP contribution in [0.2, 0.25) is 0 Å². The zero-order valence-electron chi connectivity index (χ0n) is 11.8. The Hall–Kier alpha value is -1.88. The van der Waals surface area contributed by atoms with Crippen LogP contribution in [0.15, 0.2) is 18.2 Å². The van der Waals surface area contributed by atoms with Crippen molar-refractivity contribution in [1.82, 2.24) is 0 Å². The van der Waals surface area contributed by atoms with Crippen molar-refractivity contribution >= 4 is 17.6 Å². The summed E-state index contributed by atoms with van der Waals surface area (Å²) in [7, 11) is 1.33.